The topological polar surface area (TPSA) is 4.93 Å². The number of aromatic nitrogens is 1. The molecule has 3 rings (SSSR count). The molecule has 0 bridgehead atoms. The Bertz CT molecular complexity index is 774. The van der Waals surface area contributed by atoms with Gasteiger partial charge in [0.15, 0.2) is 0 Å². The molecule has 102 valence electrons. The molecule has 0 saturated heterocycles. The predicted molar refractivity (Wildman–Crippen MR) is 73.3 cm³/mol. The lowest BCUT2D eigenvalue weighted by atomic mass is 10.2. The van der Waals surface area contributed by atoms with Crippen molar-refractivity contribution in [3.8, 4) is 5.69 Å². The minimum absolute atomic E-state index is 0.167. The molecule has 1 aromatic heterocycles. The third-order valence-corrected chi connectivity index (χ3v) is 3.45. The zero-order valence-corrected chi connectivity index (χ0v) is 10.9. The molecule has 5 heteroatoms. The summed E-state index contributed by atoms with van der Waals surface area (Å²) in [5.74, 6) is 0. The minimum Gasteiger partial charge on any atom is -0.314 e. The van der Waals surface area contributed by atoms with Crippen molar-refractivity contribution in [1.29, 1.82) is 0 Å². The quantitative estimate of drug-likeness (QED) is 0.574. The summed E-state index contributed by atoms with van der Waals surface area (Å²) in [6.07, 6.45) is -3.31. The van der Waals surface area contributed by atoms with Gasteiger partial charge >= 0.3 is 6.18 Å². The molecule has 0 N–H and O–H groups in total. The van der Waals surface area contributed by atoms with Crippen molar-refractivity contribution < 1.29 is 13.2 Å². The maximum atomic E-state index is 13.1. The molecule has 3 aromatic rings. The van der Waals surface area contributed by atoms with Gasteiger partial charge in [0.25, 0.3) is 0 Å². The van der Waals surface area contributed by atoms with Crippen LogP contribution in [0.5, 0.6) is 0 Å². The van der Waals surface area contributed by atoms with Crippen LogP contribution in [0.25, 0.3) is 16.6 Å². The maximum absolute atomic E-state index is 13.1. The third kappa shape index (κ3) is 2.06. The molecule has 1 heterocycles. The summed E-state index contributed by atoms with van der Waals surface area (Å²) >= 11 is 6.08. The Hall–Kier alpha value is -1.94. The van der Waals surface area contributed by atoms with E-state index in [1.54, 1.807) is 42.5 Å². The summed E-state index contributed by atoms with van der Waals surface area (Å²) in [6, 6.07) is 13.2. The number of halogens is 4. The van der Waals surface area contributed by atoms with Crippen molar-refractivity contribution in [2.24, 2.45) is 0 Å². The fraction of sp³-hybridized carbons (Fsp3) is 0.0667. The molecule has 0 unspecified atom stereocenters. The number of rotatable bonds is 1. The van der Waals surface area contributed by atoms with E-state index in [1.807, 2.05) is 0 Å². The van der Waals surface area contributed by atoms with Crippen LogP contribution in [0.15, 0.2) is 54.7 Å². The summed E-state index contributed by atoms with van der Waals surface area (Å²) in [7, 11) is 0. The van der Waals surface area contributed by atoms with E-state index >= 15 is 0 Å². The summed E-state index contributed by atoms with van der Waals surface area (Å²) in [4.78, 5) is 0. The first kappa shape index (κ1) is 13.1. The van der Waals surface area contributed by atoms with Crippen LogP contribution in [0.1, 0.15) is 5.56 Å². The molecule has 2 aromatic carbocycles. The number of fused-ring (bicyclic) bond motifs is 1. The van der Waals surface area contributed by atoms with Crippen LogP contribution >= 0.6 is 11.6 Å². The van der Waals surface area contributed by atoms with Gasteiger partial charge in [-0.05, 0) is 18.2 Å². The zero-order chi connectivity index (χ0) is 14.3. The predicted octanol–water partition coefficient (Wildman–Crippen LogP) is 5.30. The Kier molecular flexibility index (Phi) is 2.98. The smallest absolute Gasteiger partial charge is 0.314 e. The number of nitrogens with zero attached hydrogens (tertiary/aromatic N) is 1. The molecule has 0 radical (unpaired) electrons. The normalized spacial score (nSPS) is 12.0. The molecular weight excluding hydrogens is 287 g/mol. The van der Waals surface area contributed by atoms with E-state index in [1.165, 1.54) is 10.6 Å². The van der Waals surface area contributed by atoms with Crippen molar-refractivity contribution in [3.05, 3.63) is 65.3 Å². The van der Waals surface area contributed by atoms with Crippen LogP contribution in [0.2, 0.25) is 5.02 Å². The van der Waals surface area contributed by atoms with Gasteiger partial charge in [-0.15, -0.1) is 0 Å². The van der Waals surface area contributed by atoms with E-state index in [0.717, 1.165) is 6.20 Å². The highest BCUT2D eigenvalue weighted by Crippen LogP contribution is 2.38. The summed E-state index contributed by atoms with van der Waals surface area (Å²) in [5.41, 5.74) is 0.349. The molecule has 20 heavy (non-hydrogen) atoms. The summed E-state index contributed by atoms with van der Waals surface area (Å²) in [6.45, 7) is 0. The van der Waals surface area contributed by atoms with E-state index in [4.69, 9.17) is 11.6 Å². The van der Waals surface area contributed by atoms with Gasteiger partial charge in [0.1, 0.15) is 0 Å². The van der Waals surface area contributed by atoms with Crippen LogP contribution < -0.4 is 0 Å². The second kappa shape index (κ2) is 4.56. The molecule has 0 aliphatic heterocycles. The van der Waals surface area contributed by atoms with E-state index in [9.17, 15) is 13.2 Å². The van der Waals surface area contributed by atoms with E-state index < -0.39 is 11.7 Å². The molecule has 1 nitrogen and oxygen atoms in total. The second-order valence-corrected chi connectivity index (χ2v) is 4.79. The lowest BCUT2D eigenvalue weighted by Crippen LogP contribution is -2.03. The van der Waals surface area contributed by atoms with Crippen molar-refractivity contribution >= 4 is 22.5 Å². The minimum atomic E-state index is -4.40. The van der Waals surface area contributed by atoms with Crippen molar-refractivity contribution in [2.75, 3.05) is 0 Å². The van der Waals surface area contributed by atoms with Gasteiger partial charge < -0.3 is 4.57 Å². The van der Waals surface area contributed by atoms with Crippen LogP contribution in [0.4, 0.5) is 13.2 Å². The summed E-state index contributed by atoms with van der Waals surface area (Å²) < 4.78 is 40.8. The van der Waals surface area contributed by atoms with Crippen molar-refractivity contribution in [3.63, 3.8) is 0 Å². The van der Waals surface area contributed by atoms with Gasteiger partial charge in [0.2, 0.25) is 0 Å². The monoisotopic (exact) mass is 295 g/mol. The lowest BCUT2D eigenvalue weighted by molar-refractivity contribution is -0.136. The SMILES string of the molecule is FC(F)(F)c1cn(-c2ccccc2Cl)c2ccccc12. The summed E-state index contributed by atoms with van der Waals surface area (Å²) in [5, 5.41) is 0.571. The Morgan fingerprint density at radius 1 is 0.900 bits per heavy atom. The van der Waals surface area contributed by atoms with Crippen molar-refractivity contribution in [2.45, 2.75) is 6.18 Å². The molecule has 0 saturated carbocycles. The Morgan fingerprint density at radius 2 is 1.55 bits per heavy atom. The first-order valence-electron chi connectivity index (χ1n) is 5.90. The third-order valence-electron chi connectivity index (χ3n) is 3.13. The van der Waals surface area contributed by atoms with Gasteiger partial charge in [-0.1, -0.05) is 41.9 Å². The van der Waals surface area contributed by atoms with Gasteiger partial charge in [0.05, 0.1) is 21.8 Å². The van der Waals surface area contributed by atoms with E-state index in [-0.39, 0.29) is 5.39 Å². The van der Waals surface area contributed by atoms with E-state index in [0.29, 0.717) is 16.2 Å². The Balaban J connectivity index is 2.36. The van der Waals surface area contributed by atoms with Gasteiger partial charge in [-0.2, -0.15) is 13.2 Å². The molecule has 0 spiro atoms. The fourth-order valence-corrected chi connectivity index (χ4v) is 2.48. The lowest BCUT2D eigenvalue weighted by Gasteiger charge is -2.07. The average molecular weight is 296 g/mol. The number of para-hydroxylation sites is 2. The number of hydrogen-bond acceptors (Lipinski definition) is 0. The van der Waals surface area contributed by atoms with E-state index in [2.05, 4.69) is 0 Å². The molecule has 0 amide bonds. The molecule has 0 atom stereocenters. The highest BCUT2D eigenvalue weighted by atomic mass is 35.5. The fourth-order valence-electron chi connectivity index (χ4n) is 2.25. The Labute approximate surface area is 118 Å². The Morgan fingerprint density at radius 3 is 2.25 bits per heavy atom. The molecule has 0 fully saturated rings. The van der Waals surface area contributed by atoms with Gasteiger partial charge in [-0.3, -0.25) is 0 Å². The van der Waals surface area contributed by atoms with Gasteiger partial charge in [-0.25, -0.2) is 0 Å². The number of hydrogen-bond donors (Lipinski definition) is 0. The largest absolute Gasteiger partial charge is 0.418 e. The van der Waals surface area contributed by atoms with Crippen LogP contribution in [-0.2, 0) is 6.18 Å². The van der Waals surface area contributed by atoms with Crippen LogP contribution in [0, 0.1) is 0 Å². The standard InChI is InChI=1S/C15H9ClF3N/c16-12-6-2-4-8-14(12)20-9-11(15(17,18)19)10-5-1-3-7-13(10)20/h1-9H. The molecule has 0 aliphatic carbocycles. The first-order valence-corrected chi connectivity index (χ1v) is 6.28. The first-order chi connectivity index (χ1) is 9.48. The van der Waals surface area contributed by atoms with Gasteiger partial charge in [0, 0.05) is 11.6 Å². The average Bonchev–Trinajstić information content (AvgIpc) is 2.79. The number of alkyl halides is 3. The maximum Gasteiger partial charge on any atom is 0.418 e. The van der Waals surface area contributed by atoms with Crippen LogP contribution in [0.3, 0.4) is 0 Å². The van der Waals surface area contributed by atoms with Crippen LogP contribution in [-0.4, -0.2) is 4.57 Å². The highest BCUT2D eigenvalue weighted by molar-refractivity contribution is 6.32. The highest BCUT2D eigenvalue weighted by Gasteiger charge is 2.34. The number of benzene rings is 2. The molecule has 0 aliphatic rings. The second-order valence-electron chi connectivity index (χ2n) is 4.38. The molecular formula is C15H9ClF3N. The zero-order valence-electron chi connectivity index (χ0n) is 10.2. The van der Waals surface area contributed by atoms with Crippen molar-refractivity contribution in [1.82, 2.24) is 4.57 Å².